The molecule has 10 rings (SSSR count). The van der Waals surface area contributed by atoms with Crippen LogP contribution in [0.25, 0.3) is 99.6 Å². The van der Waals surface area contributed by atoms with Gasteiger partial charge in [-0.05, 0) is 64.0 Å². The molecule has 10 aromatic rings. The monoisotopic (exact) mass is 589 g/mol. The van der Waals surface area contributed by atoms with E-state index in [0.717, 1.165) is 82.1 Å². The Kier molecular flexibility index (Phi) is 5.22. The lowest BCUT2D eigenvalue weighted by Gasteiger charge is -2.11. The molecule has 0 aliphatic carbocycles. The molecule has 5 heteroatoms. The summed E-state index contributed by atoms with van der Waals surface area (Å²) in [5, 5.41) is 8.73. The fourth-order valence-corrected chi connectivity index (χ4v) is 6.72. The van der Waals surface area contributed by atoms with Gasteiger partial charge >= 0.3 is 0 Å². The molecule has 0 bridgehead atoms. The van der Waals surface area contributed by atoms with Gasteiger partial charge in [-0.2, -0.15) is 0 Å². The summed E-state index contributed by atoms with van der Waals surface area (Å²) in [5.74, 6) is 1.84. The fraction of sp³-hybridized carbons (Fsp3) is 0. The smallest absolute Gasteiger partial charge is 0.164 e. The highest BCUT2D eigenvalue weighted by Gasteiger charge is 2.17. The molecule has 0 spiro atoms. The summed E-state index contributed by atoms with van der Waals surface area (Å²) >= 11 is 0. The van der Waals surface area contributed by atoms with Crippen molar-refractivity contribution in [2.75, 3.05) is 0 Å². The number of nitrogens with zero attached hydrogens (tertiary/aromatic N) is 3. The van der Waals surface area contributed by atoms with E-state index in [1.54, 1.807) is 0 Å². The van der Waals surface area contributed by atoms with Crippen molar-refractivity contribution in [3.8, 4) is 34.2 Å². The quantitative estimate of drug-likeness (QED) is 0.205. The zero-order chi connectivity index (χ0) is 30.2. The Morgan fingerprint density at radius 2 is 0.891 bits per heavy atom. The van der Waals surface area contributed by atoms with Crippen LogP contribution in [0.15, 0.2) is 148 Å². The summed E-state index contributed by atoms with van der Waals surface area (Å²) in [4.78, 5) is 15.3. The van der Waals surface area contributed by atoms with Crippen LogP contribution in [0, 0.1) is 0 Å². The maximum Gasteiger partial charge on any atom is 0.164 e. The maximum atomic E-state index is 6.21. The Labute approximate surface area is 262 Å². The highest BCUT2D eigenvalue weighted by Crippen LogP contribution is 2.37. The van der Waals surface area contributed by atoms with Crippen molar-refractivity contribution in [2.24, 2.45) is 0 Å². The Bertz CT molecular complexity index is 2820. The standard InChI is InChI=1S/C41H23N3O2/c1-2-10-28-24(8-1)9-7-13-30(28)41-43-39(42-40(44-41)27-19-20-36-33(23-27)29-11-3-5-14-34(29)45-36)26-17-16-25-18-21-37-38(32(25)22-26)31-12-4-6-15-35(31)46-37/h1-23H. The molecule has 0 fully saturated rings. The lowest BCUT2D eigenvalue weighted by atomic mass is 10.0. The third-order valence-corrected chi connectivity index (χ3v) is 8.92. The van der Waals surface area contributed by atoms with Crippen LogP contribution in [-0.2, 0) is 0 Å². The van der Waals surface area contributed by atoms with E-state index >= 15 is 0 Å². The molecule has 5 nitrogen and oxygen atoms in total. The average molecular weight is 590 g/mol. The van der Waals surface area contributed by atoms with Crippen molar-refractivity contribution in [1.82, 2.24) is 15.0 Å². The van der Waals surface area contributed by atoms with Gasteiger partial charge in [0.25, 0.3) is 0 Å². The first kappa shape index (κ1) is 25.0. The van der Waals surface area contributed by atoms with Crippen molar-refractivity contribution < 1.29 is 8.83 Å². The number of fused-ring (bicyclic) bond motifs is 9. The predicted molar refractivity (Wildman–Crippen MR) is 186 cm³/mol. The highest BCUT2D eigenvalue weighted by atomic mass is 16.3. The van der Waals surface area contributed by atoms with Gasteiger partial charge in [0.2, 0.25) is 0 Å². The molecule has 0 saturated heterocycles. The van der Waals surface area contributed by atoms with Crippen LogP contribution in [0.4, 0.5) is 0 Å². The van der Waals surface area contributed by atoms with Crippen molar-refractivity contribution in [3.63, 3.8) is 0 Å². The SMILES string of the molecule is c1ccc2c(-c3nc(-c4ccc5oc6ccccc6c5c4)nc(-c4ccc5ccc6oc7ccccc7c6c5c4)n3)cccc2c1. The van der Waals surface area contributed by atoms with Crippen molar-refractivity contribution in [3.05, 3.63) is 140 Å². The third-order valence-electron chi connectivity index (χ3n) is 8.92. The molecule has 0 N–H and O–H groups in total. The summed E-state index contributed by atoms with van der Waals surface area (Å²) in [6.45, 7) is 0. The minimum atomic E-state index is 0.604. The van der Waals surface area contributed by atoms with Gasteiger partial charge < -0.3 is 8.83 Å². The molecule has 214 valence electrons. The van der Waals surface area contributed by atoms with E-state index in [2.05, 4.69) is 91.0 Å². The van der Waals surface area contributed by atoms with Crippen LogP contribution in [0.3, 0.4) is 0 Å². The zero-order valence-electron chi connectivity index (χ0n) is 24.4. The lowest BCUT2D eigenvalue weighted by molar-refractivity contribution is 0.668. The Morgan fingerprint density at radius 1 is 0.348 bits per heavy atom. The van der Waals surface area contributed by atoms with Gasteiger partial charge in [-0.15, -0.1) is 0 Å². The van der Waals surface area contributed by atoms with Crippen molar-refractivity contribution in [2.45, 2.75) is 0 Å². The summed E-state index contributed by atoms with van der Waals surface area (Å²) in [7, 11) is 0. The number of aromatic nitrogens is 3. The molecule has 0 atom stereocenters. The molecule has 0 saturated carbocycles. The predicted octanol–water partition coefficient (Wildman–Crippen LogP) is 11.0. The number of hydrogen-bond donors (Lipinski definition) is 0. The van der Waals surface area contributed by atoms with E-state index in [-0.39, 0.29) is 0 Å². The summed E-state index contributed by atoms with van der Waals surface area (Å²) < 4.78 is 12.3. The van der Waals surface area contributed by atoms with Gasteiger partial charge in [0, 0.05) is 38.2 Å². The maximum absolute atomic E-state index is 6.21. The molecule has 3 aromatic heterocycles. The van der Waals surface area contributed by atoms with Gasteiger partial charge in [-0.25, -0.2) is 15.0 Å². The Balaban J connectivity index is 1.24. The number of rotatable bonds is 3. The Hall–Kier alpha value is -6.33. The molecule has 0 unspecified atom stereocenters. The largest absolute Gasteiger partial charge is 0.456 e. The summed E-state index contributed by atoms with van der Waals surface area (Å²) in [6, 6.07) is 47.6. The van der Waals surface area contributed by atoms with Crippen LogP contribution in [0.1, 0.15) is 0 Å². The van der Waals surface area contributed by atoms with Gasteiger partial charge in [0.15, 0.2) is 17.5 Å². The topological polar surface area (TPSA) is 65.0 Å². The third kappa shape index (κ3) is 3.79. The van der Waals surface area contributed by atoms with Crippen LogP contribution >= 0.6 is 0 Å². The molecular formula is C41H23N3O2. The molecule has 0 radical (unpaired) electrons. The molecule has 7 aromatic carbocycles. The first-order valence-electron chi connectivity index (χ1n) is 15.3. The second-order valence-electron chi connectivity index (χ2n) is 11.6. The number of furan rings is 2. The van der Waals surface area contributed by atoms with E-state index in [1.807, 2.05) is 48.5 Å². The van der Waals surface area contributed by atoms with Crippen LogP contribution < -0.4 is 0 Å². The second-order valence-corrected chi connectivity index (χ2v) is 11.6. The summed E-state index contributed by atoms with van der Waals surface area (Å²) in [6.07, 6.45) is 0. The second kappa shape index (κ2) is 9.58. The molecule has 0 aliphatic rings. The van der Waals surface area contributed by atoms with Crippen molar-refractivity contribution in [1.29, 1.82) is 0 Å². The van der Waals surface area contributed by atoms with E-state index in [1.165, 1.54) is 0 Å². The number of benzene rings is 7. The first-order valence-corrected chi connectivity index (χ1v) is 15.3. The first-order chi connectivity index (χ1) is 22.8. The van der Waals surface area contributed by atoms with E-state index in [9.17, 15) is 0 Å². The van der Waals surface area contributed by atoms with E-state index in [0.29, 0.717) is 17.5 Å². The normalized spacial score (nSPS) is 11.9. The van der Waals surface area contributed by atoms with Crippen LogP contribution in [-0.4, -0.2) is 15.0 Å². The van der Waals surface area contributed by atoms with E-state index < -0.39 is 0 Å². The van der Waals surface area contributed by atoms with Gasteiger partial charge in [-0.1, -0.05) is 97.1 Å². The fourth-order valence-electron chi connectivity index (χ4n) is 6.72. The highest BCUT2D eigenvalue weighted by molar-refractivity contribution is 6.19. The lowest BCUT2D eigenvalue weighted by Crippen LogP contribution is -2.00. The number of para-hydroxylation sites is 2. The average Bonchev–Trinajstić information content (AvgIpc) is 3.69. The summed E-state index contributed by atoms with van der Waals surface area (Å²) in [5.41, 5.74) is 6.19. The molecule has 3 heterocycles. The van der Waals surface area contributed by atoms with Crippen LogP contribution in [0.2, 0.25) is 0 Å². The van der Waals surface area contributed by atoms with Gasteiger partial charge in [-0.3, -0.25) is 0 Å². The van der Waals surface area contributed by atoms with Gasteiger partial charge in [0.05, 0.1) is 0 Å². The van der Waals surface area contributed by atoms with Gasteiger partial charge in [0.1, 0.15) is 22.3 Å². The molecular weight excluding hydrogens is 566 g/mol. The molecule has 0 aliphatic heterocycles. The van der Waals surface area contributed by atoms with E-state index in [4.69, 9.17) is 23.8 Å². The zero-order valence-corrected chi connectivity index (χ0v) is 24.4. The Morgan fingerprint density at radius 3 is 1.74 bits per heavy atom. The minimum absolute atomic E-state index is 0.604. The molecule has 46 heavy (non-hydrogen) atoms. The van der Waals surface area contributed by atoms with Crippen molar-refractivity contribution >= 4 is 65.4 Å². The molecule has 0 amide bonds. The number of hydrogen-bond acceptors (Lipinski definition) is 5. The van der Waals surface area contributed by atoms with Crippen LogP contribution in [0.5, 0.6) is 0 Å². The minimum Gasteiger partial charge on any atom is -0.456 e.